The molecule has 20 heavy (non-hydrogen) atoms. The molecular weight excluding hydrogens is 248 g/mol. The van der Waals surface area contributed by atoms with Crippen molar-refractivity contribution in [3.63, 3.8) is 0 Å². The van der Waals surface area contributed by atoms with Crippen LogP contribution in [0.25, 0.3) is 0 Å². The number of unbranched alkanes of at least 4 members (excludes halogenated alkanes) is 2. The predicted octanol–water partition coefficient (Wildman–Crippen LogP) is 4.44. The SMILES string of the molecule is CCCCCC(CCC)N(C)c1ccccc1NC=O. The van der Waals surface area contributed by atoms with E-state index in [0.29, 0.717) is 6.04 Å². The van der Waals surface area contributed by atoms with Crippen molar-refractivity contribution in [3.8, 4) is 0 Å². The van der Waals surface area contributed by atoms with E-state index in [-0.39, 0.29) is 0 Å². The normalized spacial score (nSPS) is 11.9. The standard InChI is InChI=1S/C17H28N2O/c1-4-6-7-11-15(10-5-2)19(3)17-13-9-8-12-16(17)18-14-20/h8-9,12-15H,4-7,10-11H2,1-3H3,(H,18,20). The molecule has 1 aromatic rings. The molecule has 3 nitrogen and oxygen atoms in total. The molecule has 0 aliphatic heterocycles. The van der Waals surface area contributed by atoms with E-state index in [1.54, 1.807) is 0 Å². The van der Waals surface area contributed by atoms with Crippen molar-refractivity contribution in [1.82, 2.24) is 0 Å². The van der Waals surface area contributed by atoms with Gasteiger partial charge in [-0.15, -0.1) is 0 Å². The highest BCUT2D eigenvalue weighted by molar-refractivity contribution is 5.81. The maximum absolute atomic E-state index is 10.7. The number of nitrogens with zero attached hydrogens (tertiary/aromatic N) is 1. The number of anilines is 2. The molecule has 0 radical (unpaired) electrons. The summed E-state index contributed by atoms with van der Waals surface area (Å²) in [5, 5.41) is 2.80. The van der Waals surface area contributed by atoms with Gasteiger partial charge in [-0.1, -0.05) is 51.7 Å². The molecule has 0 saturated carbocycles. The van der Waals surface area contributed by atoms with Gasteiger partial charge in [0.2, 0.25) is 6.41 Å². The second kappa shape index (κ2) is 9.40. The van der Waals surface area contributed by atoms with Gasteiger partial charge in [0.25, 0.3) is 0 Å². The minimum absolute atomic E-state index is 0.543. The van der Waals surface area contributed by atoms with Gasteiger partial charge in [-0.2, -0.15) is 0 Å². The Morgan fingerprint density at radius 3 is 2.55 bits per heavy atom. The van der Waals surface area contributed by atoms with E-state index in [2.05, 4.69) is 37.2 Å². The number of para-hydroxylation sites is 2. The van der Waals surface area contributed by atoms with Crippen LogP contribution in [0, 0.1) is 0 Å². The fourth-order valence-corrected chi connectivity index (χ4v) is 2.66. The van der Waals surface area contributed by atoms with Crippen molar-refractivity contribution < 1.29 is 4.79 Å². The van der Waals surface area contributed by atoms with Crippen LogP contribution in [0.3, 0.4) is 0 Å². The fourth-order valence-electron chi connectivity index (χ4n) is 2.66. The summed E-state index contributed by atoms with van der Waals surface area (Å²) in [7, 11) is 2.14. The summed E-state index contributed by atoms with van der Waals surface area (Å²) in [6.45, 7) is 4.47. The number of rotatable bonds is 10. The fraction of sp³-hybridized carbons (Fsp3) is 0.588. The molecule has 0 aromatic heterocycles. The lowest BCUT2D eigenvalue weighted by molar-refractivity contribution is -0.105. The Labute approximate surface area is 123 Å². The smallest absolute Gasteiger partial charge is 0.211 e. The van der Waals surface area contributed by atoms with Crippen LogP contribution in [0.1, 0.15) is 52.4 Å². The molecule has 1 amide bonds. The molecule has 0 bridgehead atoms. The average molecular weight is 276 g/mol. The van der Waals surface area contributed by atoms with Crippen LogP contribution in [0.5, 0.6) is 0 Å². The largest absolute Gasteiger partial charge is 0.370 e. The molecule has 0 spiro atoms. The van der Waals surface area contributed by atoms with E-state index in [0.717, 1.165) is 17.8 Å². The predicted molar refractivity (Wildman–Crippen MR) is 87.4 cm³/mol. The quantitative estimate of drug-likeness (QED) is 0.506. The van der Waals surface area contributed by atoms with Gasteiger partial charge in [-0.05, 0) is 25.0 Å². The van der Waals surface area contributed by atoms with Gasteiger partial charge in [0.05, 0.1) is 11.4 Å². The monoisotopic (exact) mass is 276 g/mol. The molecule has 1 aromatic carbocycles. The molecule has 0 heterocycles. The zero-order chi connectivity index (χ0) is 14.8. The van der Waals surface area contributed by atoms with Crippen LogP contribution < -0.4 is 10.2 Å². The van der Waals surface area contributed by atoms with Gasteiger partial charge < -0.3 is 10.2 Å². The van der Waals surface area contributed by atoms with Gasteiger partial charge >= 0.3 is 0 Å². The first-order valence-corrected chi connectivity index (χ1v) is 7.76. The molecule has 1 rings (SSSR count). The van der Waals surface area contributed by atoms with E-state index in [1.165, 1.54) is 38.5 Å². The molecule has 1 atom stereocenters. The number of carbonyl (C=O) groups excluding carboxylic acids is 1. The molecule has 0 fully saturated rings. The Kier molecular flexibility index (Phi) is 7.78. The van der Waals surface area contributed by atoms with Crippen molar-refractivity contribution in [3.05, 3.63) is 24.3 Å². The first-order chi connectivity index (χ1) is 9.74. The molecule has 0 saturated heterocycles. The number of nitrogens with one attached hydrogen (secondary N) is 1. The highest BCUT2D eigenvalue weighted by atomic mass is 16.1. The third-order valence-corrected chi connectivity index (χ3v) is 3.81. The summed E-state index contributed by atoms with van der Waals surface area (Å²) in [6, 6.07) is 8.55. The first kappa shape index (κ1) is 16.5. The number of hydrogen-bond donors (Lipinski definition) is 1. The van der Waals surface area contributed by atoms with E-state index in [9.17, 15) is 4.79 Å². The second-order valence-corrected chi connectivity index (χ2v) is 5.33. The summed E-state index contributed by atoms with van der Waals surface area (Å²) in [5.41, 5.74) is 2.00. The molecule has 1 unspecified atom stereocenters. The first-order valence-electron chi connectivity index (χ1n) is 7.76. The van der Waals surface area contributed by atoms with E-state index in [4.69, 9.17) is 0 Å². The lowest BCUT2D eigenvalue weighted by atomic mass is 10.0. The molecule has 0 aliphatic rings. The highest BCUT2D eigenvalue weighted by Crippen LogP contribution is 2.28. The average Bonchev–Trinajstić information content (AvgIpc) is 2.47. The Morgan fingerprint density at radius 1 is 1.15 bits per heavy atom. The number of carbonyl (C=O) groups is 1. The summed E-state index contributed by atoms with van der Waals surface area (Å²) >= 11 is 0. The zero-order valence-electron chi connectivity index (χ0n) is 13.1. The third-order valence-electron chi connectivity index (χ3n) is 3.81. The van der Waals surface area contributed by atoms with Crippen LogP contribution >= 0.6 is 0 Å². The van der Waals surface area contributed by atoms with Gasteiger partial charge in [-0.3, -0.25) is 4.79 Å². The number of amides is 1. The van der Waals surface area contributed by atoms with Crippen LogP contribution in [0.15, 0.2) is 24.3 Å². The maximum atomic E-state index is 10.7. The van der Waals surface area contributed by atoms with E-state index < -0.39 is 0 Å². The maximum Gasteiger partial charge on any atom is 0.211 e. The van der Waals surface area contributed by atoms with Gasteiger partial charge in [-0.25, -0.2) is 0 Å². The van der Waals surface area contributed by atoms with E-state index in [1.807, 2.05) is 18.2 Å². The molecule has 3 heteroatoms. The van der Waals surface area contributed by atoms with Gasteiger partial charge in [0, 0.05) is 13.1 Å². The summed E-state index contributed by atoms with van der Waals surface area (Å²) in [5.74, 6) is 0. The minimum Gasteiger partial charge on any atom is -0.370 e. The Hall–Kier alpha value is -1.51. The minimum atomic E-state index is 0.543. The van der Waals surface area contributed by atoms with Crippen molar-refractivity contribution in [2.24, 2.45) is 0 Å². The number of hydrogen-bond acceptors (Lipinski definition) is 2. The molecule has 112 valence electrons. The van der Waals surface area contributed by atoms with E-state index >= 15 is 0 Å². The van der Waals surface area contributed by atoms with Gasteiger partial charge in [0.15, 0.2) is 0 Å². The molecular formula is C17H28N2O. The summed E-state index contributed by atoms with van der Waals surface area (Å²) in [6.07, 6.45) is 8.16. The van der Waals surface area contributed by atoms with Crippen LogP contribution in [-0.2, 0) is 4.79 Å². The Morgan fingerprint density at radius 2 is 1.90 bits per heavy atom. The Balaban J connectivity index is 2.81. The third kappa shape index (κ3) is 4.87. The Bertz CT molecular complexity index is 392. The van der Waals surface area contributed by atoms with Crippen LogP contribution in [0.2, 0.25) is 0 Å². The van der Waals surface area contributed by atoms with Crippen molar-refractivity contribution in [2.45, 2.75) is 58.4 Å². The highest BCUT2D eigenvalue weighted by Gasteiger charge is 2.16. The number of benzene rings is 1. The molecule has 0 aliphatic carbocycles. The lowest BCUT2D eigenvalue weighted by Crippen LogP contribution is -2.32. The molecule has 1 N–H and O–H groups in total. The van der Waals surface area contributed by atoms with Crippen molar-refractivity contribution in [1.29, 1.82) is 0 Å². The van der Waals surface area contributed by atoms with Crippen LogP contribution in [0.4, 0.5) is 11.4 Å². The zero-order valence-corrected chi connectivity index (χ0v) is 13.1. The van der Waals surface area contributed by atoms with Gasteiger partial charge in [0.1, 0.15) is 0 Å². The van der Waals surface area contributed by atoms with Crippen molar-refractivity contribution >= 4 is 17.8 Å². The summed E-state index contributed by atoms with van der Waals surface area (Å²) < 4.78 is 0. The van der Waals surface area contributed by atoms with Crippen molar-refractivity contribution in [2.75, 3.05) is 17.3 Å². The second-order valence-electron chi connectivity index (χ2n) is 5.33. The topological polar surface area (TPSA) is 32.3 Å². The summed E-state index contributed by atoms with van der Waals surface area (Å²) in [4.78, 5) is 13.1. The van der Waals surface area contributed by atoms with Crippen LogP contribution in [-0.4, -0.2) is 19.5 Å². The lowest BCUT2D eigenvalue weighted by Gasteiger charge is -2.31.